The van der Waals surface area contributed by atoms with Gasteiger partial charge in [0, 0.05) is 23.1 Å². The van der Waals surface area contributed by atoms with E-state index in [1.807, 2.05) is 83.1 Å². The van der Waals surface area contributed by atoms with E-state index in [1.165, 1.54) is 6.39 Å². The van der Waals surface area contributed by atoms with E-state index in [4.69, 9.17) is 4.42 Å². The van der Waals surface area contributed by atoms with Gasteiger partial charge in [0.15, 0.2) is 12.2 Å². The third-order valence-electron chi connectivity index (χ3n) is 6.05. The first-order valence-corrected chi connectivity index (χ1v) is 11.7. The van der Waals surface area contributed by atoms with Crippen LogP contribution >= 0.6 is 0 Å². The zero-order valence-corrected chi connectivity index (χ0v) is 20.7. The molecule has 0 fully saturated rings. The number of fused-ring (bicyclic) bond motifs is 1. The lowest BCUT2D eigenvalue weighted by atomic mass is 9.80. The van der Waals surface area contributed by atoms with Gasteiger partial charge in [-0.3, -0.25) is 4.79 Å². The Morgan fingerprint density at radius 3 is 2.37 bits per heavy atom. The van der Waals surface area contributed by atoms with Crippen molar-refractivity contribution in [3.05, 3.63) is 77.2 Å². The monoisotopic (exact) mass is 473 g/mol. The summed E-state index contributed by atoms with van der Waals surface area (Å²) in [6.07, 6.45) is 1.87. The number of nitrogens with zero attached hydrogens (tertiary/aromatic N) is 2. The molecule has 4 aromatic rings. The van der Waals surface area contributed by atoms with Crippen LogP contribution in [0.2, 0.25) is 0 Å². The summed E-state index contributed by atoms with van der Waals surface area (Å²) in [5.41, 5.74) is 2.53. The zero-order chi connectivity index (χ0) is 25.3. The van der Waals surface area contributed by atoms with Gasteiger partial charge in [0.2, 0.25) is 0 Å². The van der Waals surface area contributed by atoms with Crippen LogP contribution in [0.1, 0.15) is 46.4 Å². The topological polar surface area (TPSA) is 97.4 Å². The molecule has 1 atom stereocenters. The van der Waals surface area contributed by atoms with Gasteiger partial charge in [0.1, 0.15) is 0 Å². The van der Waals surface area contributed by atoms with Gasteiger partial charge < -0.3 is 19.4 Å². The molecular weight excluding hydrogens is 442 g/mol. The van der Waals surface area contributed by atoms with E-state index in [0.29, 0.717) is 23.4 Å². The van der Waals surface area contributed by atoms with Crippen LogP contribution in [-0.4, -0.2) is 20.8 Å². The Balaban J connectivity index is 2.20. The molecule has 0 saturated heterocycles. The second-order valence-corrected chi connectivity index (χ2v) is 10.3. The molecule has 2 heterocycles. The zero-order valence-electron chi connectivity index (χ0n) is 20.7. The summed E-state index contributed by atoms with van der Waals surface area (Å²) < 4.78 is 7.28. The number of rotatable bonds is 6. The number of amides is 1. The minimum atomic E-state index is -1.14. The molecule has 1 unspecified atom stereocenters. The summed E-state index contributed by atoms with van der Waals surface area (Å²) in [7, 11) is 0. The smallest absolute Gasteiger partial charge is 0.405 e. The normalized spacial score (nSPS) is 12.7. The summed E-state index contributed by atoms with van der Waals surface area (Å²) in [5, 5.41) is 13.8. The minimum Gasteiger partial charge on any atom is -0.465 e. The lowest BCUT2D eigenvalue weighted by Gasteiger charge is -2.35. The number of carbonyl (C=O) groups is 1. The number of pyridine rings is 1. The van der Waals surface area contributed by atoms with Crippen LogP contribution in [0, 0.1) is 11.3 Å². The number of nitrogens with one attached hydrogen (secondary N) is 1. The predicted octanol–water partition coefficient (Wildman–Crippen LogP) is 6.33. The van der Waals surface area contributed by atoms with Gasteiger partial charge in [-0.15, -0.1) is 0 Å². The highest BCUT2D eigenvalue weighted by molar-refractivity contribution is 5.99. The molecule has 0 aliphatic heterocycles. The fourth-order valence-electron chi connectivity index (χ4n) is 4.55. The molecule has 7 heteroatoms. The van der Waals surface area contributed by atoms with Gasteiger partial charge in [0.25, 0.3) is 5.56 Å². The van der Waals surface area contributed by atoms with Gasteiger partial charge in [0.05, 0.1) is 17.9 Å². The Labute approximate surface area is 204 Å². The van der Waals surface area contributed by atoms with Crippen LogP contribution in [-0.2, 0) is 6.54 Å². The highest BCUT2D eigenvalue weighted by atomic mass is 16.4. The second-order valence-electron chi connectivity index (χ2n) is 10.3. The van der Waals surface area contributed by atoms with Crippen LogP contribution in [0.3, 0.4) is 0 Å². The van der Waals surface area contributed by atoms with Gasteiger partial charge >= 0.3 is 6.09 Å². The molecule has 2 N–H and O–H groups in total. The van der Waals surface area contributed by atoms with Crippen LogP contribution in [0.5, 0.6) is 0 Å². The van der Waals surface area contributed by atoms with Gasteiger partial charge in [-0.1, -0.05) is 71.0 Å². The van der Waals surface area contributed by atoms with Crippen molar-refractivity contribution in [2.24, 2.45) is 11.3 Å². The van der Waals surface area contributed by atoms with Gasteiger partial charge in [-0.25, -0.2) is 9.78 Å². The van der Waals surface area contributed by atoms with E-state index < -0.39 is 17.6 Å². The molecule has 0 aliphatic rings. The van der Waals surface area contributed by atoms with Gasteiger partial charge in [-0.2, -0.15) is 0 Å². The number of oxazole rings is 1. The van der Waals surface area contributed by atoms with Crippen LogP contribution < -0.4 is 10.9 Å². The average Bonchev–Trinajstić information content (AvgIpc) is 3.33. The van der Waals surface area contributed by atoms with E-state index >= 15 is 0 Å². The number of carboxylic acid groups (broad SMARTS) is 1. The maximum Gasteiger partial charge on any atom is 0.405 e. The summed E-state index contributed by atoms with van der Waals surface area (Å²) in [6, 6.07) is 14.8. The molecule has 0 aliphatic carbocycles. The molecular formula is C28H31N3O4. The highest BCUT2D eigenvalue weighted by Gasteiger charge is 2.34. The Morgan fingerprint density at radius 1 is 1.09 bits per heavy atom. The van der Waals surface area contributed by atoms with Crippen LogP contribution in [0.25, 0.3) is 33.2 Å². The SMILES string of the molecule is CC(C)Cn1c(C(NC(=O)O)C(C)(C)C)c(-c2ccccc2)c2cc(-c3cnco3)ccc2c1=O. The Bertz CT molecular complexity index is 1400. The Morgan fingerprint density at radius 2 is 1.80 bits per heavy atom. The Kier molecular flexibility index (Phi) is 6.52. The summed E-state index contributed by atoms with van der Waals surface area (Å²) in [6.45, 7) is 10.5. The van der Waals surface area contributed by atoms with E-state index in [9.17, 15) is 14.7 Å². The Hall–Kier alpha value is -3.87. The van der Waals surface area contributed by atoms with Crippen molar-refractivity contribution in [3.63, 3.8) is 0 Å². The van der Waals surface area contributed by atoms with Crippen molar-refractivity contribution >= 4 is 16.9 Å². The first-order valence-electron chi connectivity index (χ1n) is 11.7. The molecule has 4 rings (SSSR count). The van der Waals surface area contributed by atoms with E-state index in [-0.39, 0.29) is 11.5 Å². The number of benzene rings is 2. The molecule has 7 nitrogen and oxygen atoms in total. The predicted molar refractivity (Wildman–Crippen MR) is 137 cm³/mol. The standard InChI is InChI=1S/C28H31N3O4/c1-17(2)15-31-24(25(28(3,4)5)30-27(33)34)23(18-9-7-6-8-10-18)21-13-19(22-14-29-16-35-22)11-12-20(21)26(31)32/h6-14,16-17,25,30H,15H2,1-5H3,(H,33,34). The molecule has 35 heavy (non-hydrogen) atoms. The largest absolute Gasteiger partial charge is 0.465 e. The lowest BCUT2D eigenvalue weighted by molar-refractivity contribution is 0.172. The van der Waals surface area contributed by atoms with E-state index in [1.54, 1.807) is 10.8 Å². The number of hydrogen-bond acceptors (Lipinski definition) is 4. The van der Waals surface area contributed by atoms with Crippen LogP contribution in [0.15, 0.2) is 70.3 Å². The molecule has 0 saturated carbocycles. The van der Waals surface area contributed by atoms with E-state index in [2.05, 4.69) is 10.3 Å². The van der Waals surface area contributed by atoms with Crippen molar-refractivity contribution < 1.29 is 14.3 Å². The summed E-state index contributed by atoms with van der Waals surface area (Å²) >= 11 is 0. The maximum atomic E-state index is 13.9. The van der Waals surface area contributed by atoms with Crippen molar-refractivity contribution in [1.82, 2.24) is 14.9 Å². The third-order valence-corrected chi connectivity index (χ3v) is 6.05. The first-order chi connectivity index (χ1) is 16.6. The lowest BCUT2D eigenvalue weighted by Crippen LogP contribution is -2.40. The molecule has 1 amide bonds. The first kappa shape index (κ1) is 24.3. The van der Waals surface area contributed by atoms with Crippen molar-refractivity contribution in [2.75, 3.05) is 0 Å². The molecule has 0 radical (unpaired) electrons. The number of hydrogen-bond donors (Lipinski definition) is 2. The maximum absolute atomic E-state index is 13.9. The van der Waals surface area contributed by atoms with Crippen LogP contribution in [0.4, 0.5) is 4.79 Å². The second kappa shape index (κ2) is 9.41. The fourth-order valence-corrected chi connectivity index (χ4v) is 4.55. The van der Waals surface area contributed by atoms with Crippen molar-refractivity contribution in [3.8, 4) is 22.5 Å². The molecule has 2 aromatic heterocycles. The molecule has 182 valence electrons. The van der Waals surface area contributed by atoms with Crippen molar-refractivity contribution in [1.29, 1.82) is 0 Å². The summed E-state index contributed by atoms with van der Waals surface area (Å²) in [4.78, 5) is 29.9. The number of aromatic nitrogens is 2. The summed E-state index contributed by atoms with van der Waals surface area (Å²) in [5.74, 6) is 0.765. The van der Waals surface area contributed by atoms with Gasteiger partial charge in [-0.05, 0) is 34.4 Å². The van der Waals surface area contributed by atoms with Crippen molar-refractivity contribution in [2.45, 2.75) is 47.2 Å². The minimum absolute atomic E-state index is 0.145. The highest BCUT2D eigenvalue weighted by Crippen LogP contribution is 2.41. The fraction of sp³-hybridized carbons (Fsp3) is 0.321. The quantitative estimate of drug-likeness (QED) is 0.341. The third kappa shape index (κ3) is 4.85. The average molecular weight is 474 g/mol. The van der Waals surface area contributed by atoms with E-state index in [0.717, 1.165) is 22.1 Å². The molecule has 0 spiro atoms. The molecule has 2 aromatic carbocycles. The molecule has 0 bridgehead atoms.